The van der Waals surface area contributed by atoms with E-state index in [1.807, 2.05) is 12.1 Å². The average Bonchev–Trinajstić information content (AvgIpc) is 3.23. The van der Waals surface area contributed by atoms with Crippen LogP contribution in [0.1, 0.15) is 18.4 Å². The molecule has 1 aliphatic rings. The number of hydrogen-bond donors (Lipinski definition) is 3. The predicted octanol–water partition coefficient (Wildman–Crippen LogP) is 0.888. The fraction of sp³-hybridized carbons (Fsp3) is 0.429. The van der Waals surface area contributed by atoms with Crippen molar-refractivity contribution in [3.05, 3.63) is 29.8 Å². The van der Waals surface area contributed by atoms with Gasteiger partial charge in [-0.05, 0) is 30.5 Å². The summed E-state index contributed by atoms with van der Waals surface area (Å²) in [4.78, 5) is 24.9. The first-order valence-corrected chi connectivity index (χ1v) is 6.69. The minimum Gasteiger partial charge on any atom is -0.352 e. The van der Waals surface area contributed by atoms with E-state index < -0.39 is 0 Å². The number of likely N-dealkylation sites (N-methyl/N-ethyl adjacent to an activating group) is 1. The van der Waals surface area contributed by atoms with Crippen molar-refractivity contribution in [3.8, 4) is 0 Å². The summed E-state index contributed by atoms with van der Waals surface area (Å²) in [7, 11) is 1.59. The van der Waals surface area contributed by atoms with Crippen LogP contribution in [0.5, 0.6) is 0 Å². The molecule has 0 bridgehead atoms. The second kappa shape index (κ2) is 6.38. The molecule has 2 rings (SSSR count). The molecule has 0 spiro atoms. The molecule has 0 saturated heterocycles. The molecular weight excluding hydrogens is 256 g/mol. The molecular formula is C14H20N4O2. The molecule has 108 valence electrons. The zero-order valence-electron chi connectivity index (χ0n) is 11.6. The summed E-state index contributed by atoms with van der Waals surface area (Å²) in [5.41, 5.74) is 7.19. The number of urea groups is 1. The van der Waals surface area contributed by atoms with Gasteiger partial charge in [0, 0.05) is 25.3 Å². The Hall–Kier alpha value is -2.08. The number of hydrogen-bond acceptors (Lipinski definition) is 3. The fourth-order valence-electron chi connectivity index (χ4n) is 1.73. The Labute approximate surface area is 118 Å². The highest BCUT2D eigenvalue weighted by atomic mass is 16.2. The molecule has 3 amide bonds. The number of amides is 3. The largest absolute Gasteiger partial charge is 0.352 e. The smallest absolute Gasteiger partial charge is 0.322 e. The van der Waals surface area contributed by atoms with Crippen LogP contribution in [-0.4, -0.2) is 36.5 Å². The highest BCUT2D eigenvalue weighted by molar-refractivity contribution is 5.92. The van der Waals surface area contributed by atoms with Crippen LogP contribution in [0.15, 0.2) is 24.3 Å². The van der Waals surface area contributed by atoms with Gasteiger partial charge in [-0.25, -0.2) is 4.79 Å². The maximum Gasteiger partial charge on any atom is 0.322 e. The molecule has 4 N–H and O–H groups in total. The second-order valence-electron chi connectivity index (χ2n) is 5.03. The summed E-state index contributed by atoms with van der Waals surface area (Å²) in [5.74, 6) is -0.122. The summed E-state index contributed by atoms with van der Waals surface area (Å²) in [5, 5.41) is 5.58. The molecule has 1 fully saturated rings. The van der Waals surface area contributed by atoms with E-state index in [0.717, 1.165) is 18.4 Å². The lowest BCUT2D eigenvalue weighted by Gasteiger charge is -2.17. The van der Waals surface area contributed by atoms with Gasteiger partial charge in [0.15, 0.2) is 0 Å². The van der Waals surface area contributed by atoms with Gasteiger partial charge in [-0.1, -0.05) is 12.1 Å². The van der Waals surface area contributed by atoms with E-state index >= 15 is 0 Å². The molecule has 0 aliphatic heterocycles. The maximum absolute atomic E-state index is 11.9. The number of carbonyl (C=O) groups excluding carboxylic acids is 2. The third kappa shape index (κ3) is 4.24. The number of nitrogens with two attached hydrogens (primary N) is 1. The molecule has 6 heteroatoms. The summed E-state index contributed by atoms with van der Waals surface area (Å²) < 4.78 is 0. The number of carbonyl (C=O) groups is 2. The number of anilines is 1. The monoisotopic (exact) mass is 276 g/mol. The van der Waals surface area contributed by atoms with Crippen LogP contribution in [0.3, 0.4) is 0 Å². The zero-order valence-corrected chi connectivity index (χ0v) is 11.6. The Balaban J connectivity index is 1.81. The molecule has 1 aromatic carbocycles. The van der Waals surface area contributed by atoms with Gasteiger partial charge in [0.2, 0.25) is 5.91 Å². The Bertz CT molecular complexity index is 482. The Morgan fingerprint density at radius 2 is 1.95 bits per heavy atom. The van der Waals surface area contributed by atoms with Crippen LogP contribution >= 0.6 is 0 Å². The van der Waals surface area contributed by atoms with Crippen LogP contribution in [0.4, 0.5) is 10.5 Å². The highest BCUT2D eigenvalue weighted by Crippen LogP contribution is 2.18. The van der Waals surface area contributed by atoms with E-state index in [0.29, 0.717) is 18.3 Å². The van der Waals surface area contributed by atoms with Crippen LogP contribution < -0.4 is 16.4 Å². The van der Waals surface area contributed by atoms with Gasteiger partial charge in [-0.2, -0.15) is 0 Å². The van der Waals surface area contributed by atoms with Crippen molar-refractivity contribution in [1.82, 2.24) is 10.2 Å². The quantitative estimate of drug-likeness (QED) is 0.746. The number of nitrogens with zero attached hydrogens (tertiary/aromatic N) is 1. The molecule has 0 radical (unpaired) electrons. The summed E-state index contributed by atoms with van der Waals surface area (Å²) in [6.07, 6.45) is 2.07. The van der Waals surface area contributed by atoms with Crippen LogP contribution in [0, 0.1) is 0 Å². The van der Waals surface area contributed by atoms with E-state index in [1.165, 1.54) is 4.90 Å². The van der Waals surface area contributed by atoms with Crippen molar-refractivity contribution >= 4 is 17.6 Å². The van der Waals surface area contributed by atoms with Crippen molar-refractivity contribution in [1.29, 1.82) is 0 Å². The Kier molecular flexibility index (Phi) is 4.57. The Morgan fingerprint density at radius 3 is 2.50 bits per heavy atom. The zero-order chi connectivity index (χ0) is 14.5. The van der Waals surface area contributed by atoms with E-state index in [4.69, 9.17) is 5.73 Å². The van der Waals surface area contributed by atoms with E-state index in [9.17, 15) is 9.59 Å². The third-order valence-corrected chi connectivity index (χ3v) is 3.11. The van der Waals surface area contributed by atoms with Gasteiger partial charge < -0.3 is 21.3 Å². The lowest BCUT2D eigenvalue weighted by Crippen LogP contribution is -2.41. The van der Waals surface area contributed by atoms with Gasteiger partial charge >= 0.3 is 6.03 Å². The second-order valence-corrected chi connectivity index (χ2v) is 5.03. The summed E-state index contributed by atoms with van der Waals surface area (Å²) >= 11 is 0. The van der Waals surface area contributed by atoms with Crippen molar-refractivity contribution in [2.75, 3.05) is 18.9 Å². The van der Waals surface area contributed by atoms with E-state index in [1.54, 1.807) is 19.2 Å². The topological polar surface area (TPSA) is 87.5 Å². The molecule has 1 saturated carbocycles. The summed E-state index contributed by atoms with van der Waals surface area (Å²) in [6.45, 7) is 0.526. The van der Waals surface area contributed by atoms with Crippen LogP contribution in [-0.2, 0) is 11.3 Å². The number of rotatable bonds is 5. The molecule has 0 aromatic heterocycles. The first kappa shape index (κ1) is 14.3. The first-order valence-electron chi connectivity index (χ1n) is 6.69. The van der Waals surface area contributed by atoms with Crippen molar-refractivity contribution in [2.45, 2.75) is 25.4 Å². The van der Waals surface area contributed by atoms with Crippen LogP contribution in [0.2, 0.25) is 0 Å². The molecule has 20 heavy (non-hydrogen) atoms. The molecule has 6 nitrogen and oxygen atoms in total. The van der Waals surface area contributed by atoms with Gasteiger partial charge in [-0.3, -0.25) is 4.79 Å². The summed E-state index contributed by atoms with van der Waals surface area (Å²) in [6, 6.07) is 7.29. The predicted molar refractivity (Wildman–Crippen MR) is 77.1 cm³/mol. The minimum absolute atomic E-state index is 0.0587. The lowest BCUT2D eigenvalue weighted by molar-refractivity contribution is -0.121. The SMILES string of the molecule is CN(CC(=O)NC1CC1)C(=O)Nc1ccc(CN)cc1. The van der Waals surface area contributed by atoms with Crippen molar-refractivity contribution in [2.24, 2.45) is 5.73 Å². The highest BCUT2D eigenvalue weighted by Gasteiger charge is 2.24. The molecule has 1 aromatic rings. The van der Waals surface area contributed by atoms with Gasteiger partial charge in [0.1, 0.15) is 6.54 Å². The van der Waals surface area contributed by atoms with Gasteiger partial charge in [-0.15, -0.1) is 0 Å². The molecule has 0 unspecified atom stereocenters. The van der Waals surface area contributed by atoms with Crippen molar-refractivity contribution in [3.63, 3.8) is 0 Å². The van der Waals surface area contributed by atoms with Crippen LogP contribution in [0.25, 0.3) is 0 Å². The van der Waals surface area contributed by atoms with E-state index in [2.05, 4.69) is 10.6 Å². The minimum atomic E-state index is -0.309. The van der Waals surface area contributed by atoms with Crippen molar-refractivity contribution < 1.29 is 9.59 Å². The molecule has 0 atom stereocenters. The average molecular weight is 276 g/mol. The fourth-order valence-corrected chi connectivity index (χ4v) is 1.73. The molecule has 1 aliphatic carbocycles. The van der Waals surface area contributed by atoms with Gasteiger partial charge in [0.05, 0.1) is 0 Å². The lowest BCUT2D eigenvalue weighted by atomic mass is 10.2. The van der Waals surface area contributed by atoms with E-state index in [-0.39, 0.29) is 18.5 Å². The molecule has 0 heterocycles. The third-order valence-electron chi connectivity index (χ3n) is 3.11. The Morgan fingerprint density at radius 1 is 1.30 bits per heavy atom. The number of nitrogens with one attached hydrogen (secondary N) is 2. The maximum atomic E-state index is 11.9. The normalized spacial score (nSPS) is 13.7. The standard InChI is InChI=1S/C14H20N4O2/c1-18(9-13(19)16-11-6-7-11)14(20)17-12-4-2-10(8-15)3-5-12/h2-5,11H,6-9,15H2,1H3,(H,16,19)(H,17,20). The van der Waals surface area contributed by atoms with Gasteiger partial charge in [0.25, 0.3) is 0 Å². The first-order chi connectivity index (χ1) is 9.58. The number of benzene rings is 1.